The van der Waals surface area contributed by atoms with Gasteiger partial charge in [0, 0.05) is 16.8 Å². The molecule has 1 aliphatic carbocycles. The Hall–Kier alpha value is -1.78. The average Bonchev–Trinajstić information content (AvgIpc) is 2.46. The van der Waals surface area contributed by atoms with Gasteiger partial charge in [-0.2, -0.15) is 0 Å². The monoisotopic (exact) mass is 273 g/mol. The lowest BCUT2D eigenvalue weighted by molar-refractivity contribution is 0.0706. The van der Waals surface area contributed by atoms with E-state index >= 15 is 0 Å². The number of hydroxylamine groups is 1. The predicted octanol–water partition coefficient (Wildman–Crippen LogP) is 2.99. The first kappa shape index (κ1) is 13.6. The topological polar surface area (TPSA) is 49.3 Å². The van der Waals surface area contributed by atoms with Gasteiger partial charge in [-0.05, 0) is 36.1 Å². The summed E-state index contributed by atoms with van der Waals surface area (Å²) in [6.45, 7) is 0. The number of hydrogen-bond donors (Lipinski definition) is 2. The van der Waals surface area contributed by atoms with Gasteiger partial charge in [0.15, 0.2) is 0 Å². The van der Waals surface area contributed by atoms with Gasteiger partial charge in [-0.15, -0.1) is 0 Å². The smallest absolute Gasteiger partial charge is 0.274 e. The molecule has 0 saturated heterocycles. The van der Waals surface area contributed by atoms with Crippen LogP contribution in [0.25, 0.3) is 0 Å². The lowest BCUT2D eigenvalue weighted by Crippen LogP contribution is -2.18. The molecule has 19 heavy (non-hydrogen) atoms. The Labute approximate surface area is 117 Å². The van der Waals surface area contributed by atoms with Gasteiger partial charge in [-0.25, -0.2) is 5.48 Å². The number of carbonyl (C=O) groups is 1. The van der Waals surface area contributed by atoms with Crippen molar-refractivity contribution < 1.29 is 10.0 Å². The van der Waals surface area contributed by atoms with E-state index in [0.29, 0.717) is 5.56 Å². The molecule has 1 aromatic carbocycles. The number of benzene rings is 1. The van der Waals surface area contributed by atoms with Crippen LogP contribution in [-0.4, -0.2) is 16.0 Å². The molecule has 0 unspecified atom stereocenters. The largest absolute Gasteiger partial charge is 0.288 e. The molecular weight excluding hydrogens is 258 g/mol. The zero-order valence-corrected chi connectivity index (χ0v) is 11.2. The maximum atomic E-state index is 11.2. The number of allylic oxidation sites excluding steroid dienone is 4. The lowest BCUT2D eigenvalue weighted by atomic mass is 9.97. The Kier molecular flexibility index (Phi) is 4.60. The van der Waals surface area contributed by atoms with E-state index in [4.69, 9.17) is 17.4 Å². The molecule has 0 atom stereocenters. The molecule has 0 fully saturated rings. The maximum Gasteiger partial charge on any atom is 0.274 e. The van der Waals surface area contributed by atoms with Crippen LogP contribution >= 0.6 is 12.2 Å². The van der Waals surface area contributed by atoms with Crippen molar-refractivity contribution in [3.8, 4) is 0 Å². The van der Waals surface area contributed by atoms with Gasteiger partial charge < -0.3 is 0 Å². The Morgan fingerprint density at radius 1 is 1.26 bits per heavy atom. The van der Waals surface area contributed by atoms with Gasteiger partial charge in [0.1, 0.15) is 0 Å². The fourth-order valence-electron chi connectivity index (χ4n) is 1.97. The van der Waals surface area contributed by atoms with Crippen molar-refractivity contribution >= 4 is 23.0 Å². The zero-order valence-electron chi connectivity index (χ0n) is 10.4. The van der Waals surface area contributed by atoms with Crippen molar-refractivity contribution in [2.45, 2.75) is 19.3 Å². The summed E-state index contributed by atoms with van der Waals surface area (Å²) < 4.78 is 0. The molecule has 1 aromatic rings. The highest BCUT2D eigenvalue weighted by atomic mass is 32.1. The number of aryl methyl sites for hydroxylation is 1. The van der Waals surface area contributed by atoms with Crippen LogP contribution in [0.4, 0.5) is 0 Å². The second-order valence-electron chi connectivity index (χ2n) is 4.39. The molecule has 1 aliphatic rings. The van der Waals surface area contributed by atoms with E-state index in [0.717, 1.165) is 29.7 Å². The van der Waals surface area contributed by atoms with Crippen molar-refractivity contribution in [1.82, 2.24) is 5.48 Å². The third-order valence-corrected chi connectivity index (χ3v) is 3.52. The Balaban J connectivity index is 1.97. The van der Waals surface area contributed by atoms with Crippen LogP contribution in [0.3, 0.4) is 0 Å². The van der Waals surface area contributed by atoms with Gasteiger partial charge in [-0.1, -0.05) is 42.6 Å². The Bertz CT molecular complexity index is 544. The summed E-state index contributed by atoms with van der Waals surface area (Å²) in [5.74, 6) is -0.493. The van der Waals surface area contributed by atoms with Crippen molar-refractivity contribution in [3.05, 3.63) is 59.2 Å². The average molecular weight is 273 g/mol. The Morgan fingerprint density at radius 3 is 2.63 bits per heavy atom. The highest BCUT2D eigenvalue weighted by Gasteiger charge is 2.07. The van der Waals surface area contributed by atoms with Crippen LogP contribution in [0.5, 0.6) is 0 Å². The third kappa shape index (κ3) is 3.59. The van der Waals surface area contributed by atoms with E-state index in [1.165, 1.54) is 5.57 Å². The van der Waals surface area contributed by atoms with Crippen LogP contribution in [-0.2, 0) is 6.42 Å². The van der Waals surface area contributed by atoms with Gasteiger partial charge >= 0.3 is 0 Å². The quantitative estimate of drug-likeness (QED) is 0.504. The van der Waals surface area contributed by atoms with Crippen LogP contribution in [0.2, 0.25) is 0 Å². The molecular formula is C15H15NO2S. The first-order valence-corrected chi connectivity index (χ1v) is 6.54. The SMILES string of the molecule is O=C(NO)c1ccc(CCC2=CC=CCC2=S)cc1. The molecule has 0 aromatic heterocycles. The van der Waals surface area contributed by atoms with Crippen molar-refractivity contribution in [2.24, 2.45) is 0 Å². The number of hydrogen-bond acceptors (Lipinski definition) is 3. The minimum Gasteiger partial charge on any atom is -0.288 e. The fraction of sp³-hybridized carbons (Fsp3) is 0.200. The predicted molar refractivity (Wildman–Crippen MR) is 78.5 cm³/mol. The highest BCUT2D eigenvalue weighted by molar-refractivity contribution is 7.80. The molecule has 4 heteroatoms. The maximum absolute atomic E-state index is 11.2. The molecule has 0 heterocycles. The van der Waals surface area contributed by atoms with E-state index in [9.17, 15) is 4.79 Å². The normalized spacial score (nSPS) is 14.2. The second kappa shape index (κ2) is 6.41. The molecule has 0 bridgehead atoms. The summed E-state index contributed by atoms with van der Waals surface area (Å²) in [6.07, 6.45) is 8.83. The molecule has 0 spiro atoms. The van der Waals surface area contributed by atoms with Gasteiger partial charge in [0.2, 0.25) is 0 Å². The van der Waals surface area contributed by atoms with Crippen molar-refractivity contribution in [1.29, 1.82) is 0 Å². The van der Waals surface area contributed by atoms with E-state index in [-0.39, 0.29) is 0 Å². The van der Waals surface area contributed by atoms with Crippen LogP contribution in [0, 0.1) is 0 Å². The molecule has 2 N–H and O–H groups in total. The van der Waals surface area contributed by atoms with Crippen LogP contribution < -0.4 is 5.48 Å². The van der Waals surface area contributed by atoms with Crippen LogP contribution in [0.1, 0.15) is 28.8 Å². The molecule has 3 nitrogen and oxygen atoms in total. The summed E-state index contributed by atoms with van der Waals surface area (Å²) in [7, 11) is 0. The zero-order chi connectivity index (χ0) is 13.7. The minimum atomic E-state index is -0.493. The van der Waals surface area contributed by atoms with E-state index < -0.39 is 5.91 Å². The lowest BCUT2D eigenvalue weighted by Gasteiger charge is -2.10. The Morgan fingerprint density at radius 2 is 2.00 bits per heavy atom. The van der Waals surface area contributed by atoms with Crippen molar-refractivity contribution in [3.63, 3.8) is 0 Å². The number of nitrogens with one attached hydrogen (secondary N) is 1. The van der Waals surface area contributed by atoms with Gasteiger partial charge in [-0.3, -0.25) is 10.0 Å². The summed E-state index contributed by atoms with van der Waals surface area (Å²) in [4.78, 5) is 12.2. The third-order valence-electron chi connectivity index (χ3n) is 3.10. The molecule has 0 aliphatic heterocycles. The summed E-state index contributed by atoms with van der Waals surface area (Å²) in [6, 6.07) is 7.20. The van der Waals surface area contributed by atoms with E-state index in [1.54, 1.807) is 17.6 Å². The summed E-state index contributed by atoms with van der Waals surface area (Å²) >= 11 is 5.31. The number of rotatable bonds is 4. The molecule has 98 valence electrons. The number of amides is 1. The van der Waals surface area contributed by atoms with Gasteiger partial charge in [0.25, 0.3) is 5.91 Å². The molecule has 0 radical (unpaired) electrons. The van der Waals surface area contributed by atoms with E-state index in [1.807, 2.05) is 18.2 Å². The standard InChI is InChI=1S/C15H15NO2S/c17-15(16-18)13-9-6-11(7-10-13)5-8-12-3-1-2-4-14(12)19/h1-3,6-7,9-10,18H,4-5,8H2,(H,16,17). The number of carbonyl (C=O) groups excluding carboxylic acids is 1. The molecule has 1 amide bonds. The highest BCUT2D eigenvalue weighted by Crippen LogP contribution is 2.17. The van der Waals surface area contributed by atoms with Gasteiger partial charge in [0.05, 0.1) is 0 Å². The fourth-order valence-corrected chi connectivity index (χ4v) is 2.24. The number of thiocarbonyl (C=S) groups is 1. The summed E-state index contributed by atoms with van der Waals surface area (Å²) in [5, 5.41) is 8.53. The molecule has 0 saturated carbocycles. The first-order chi connectivity index (χ1) is 9.20. The summed E-state index contributed by atoms with van der Waals surface area (Å²) in [5.41, 5.74) is 4.43. The first-order valence-electron chi connectivity index (χ1n) is 6.13. The van der Waals surface area contributed by atoms with E-state index in [2.05, 4.69) is 12.2 Å². The van der Waals surface area contributed by atoms with Crippen molar-refractivity contribution in [2.75, 3.05) is 0 Å². The van der Waals surface area contributed by atoms with Crippen LogP contribution in [0.15, 0.2) is 48.1 Å². The second-order valence-corrected chi connectivity index (χ2v) is 4.88. The minimum absolute atomic E-state index is 0.446. The molecule has 2 rings (SSSR count).